The lowest BCUT2D eigenvalue weighted by molar-refractivity contribution is 0.0979. The van der Waals surface area contributed by atoms with Crippen molar-refractivity contribution in [3.63, 3.8) is 0 Å². The molecule has 0 aromatic heterocycles. The third kappa shape index (κ3) is 2.25. The minimum atomic E-state index is -0.168. The molecule has 0 saturated carbocycles. The Kier molecular flexibility index (Phi) is 3.17. The van der Waals surface area contributed by atoms with Gasteiger partial charge in [-0.1, -0.05) is 18.2 Å². The van der Waals surface area contributed by atoms with Crippen molar-refractivity contribution in [2.45, 2.75) is 0 Å². The summed E-state index contributed by atoms with van der Waals surface area (Å²) in [6.07, 6.45) is 0. The van der Waals surface area contributed by atoms with Gasteiger partial charge in [0.05, 0.1) is 0 Å². The molecule has 1 aliphatic carbocycles. The number of carbonyl (C=O) groups is 2. The number of hydrogen-bond acceptors (Lipinski definition) is 4. The van der Waals surface area contributed by atoms with Crippen LogP contribution < -0.4 is 11.1 Å². The lowest BCUT2D eigenvalue weighted by atomic mass is 9.83. The maximum absolute atomic E-state index is 12.7. The van der Waals surface area contributed by atoms with Gasteiger partial charge in [0.15, 0.2) is 11.6 Å². The number of ketones is 2. The van der Waals surface area contributed by atoms with Crippen LogP contribution in [0.4, 0.5) is 17.1 Å². The van der Waals surface area contributed by atoms with Crippen LogP contribution in [-0.2, 0) is 0 Å². The largest absolute Gasteiger partial charge is 0.399 e. The first-order valence-electron chi connectivity index (χ1n) is 7.58. The highest BCUT2D eigenvalue weighted by Gasteiger charge is 2.29. The van der Waals surface area contributed by atoms with Crippen molar-refractivity contribution in [2.75, 3.05) is 11.1 Å². The molecule has 0 saturated heterocycles. The minimum absolute atomic E-state index is 0.156. The van der Waals surface area contributed by atoms with E-state index in [1.165, 1.54) is 0 Å². The van der Waals surface area contributed by atoms with Gasteiger partial charge in [-0.05, 0) is 48.5 Å². The summed E-state index contributed by atoms with van der Waals surface area (Å²) < 4.78 is 0. The molecule has 3 aromatic rings. The van der Waals surface area contributed by atoms with Crippen molar-refractivity contribution >= 4 is 28.6 Å². The van der Waals surface area contributed by atoms with Gasteiger partial charge in [0.2, 0.25) is 0 Å². The van der Waals surface area contributed by atoms with Crippen molar-refractivity contribution < 1.29 is 9.59 Å². The molecule has 0 aliphatic heterocycles. The van der Waals surface area contributed by atoms with E-state index in [1.807, 2.05) is 30.3 Å². The molecule has 3 N–H and O–H groups in total. The third-order valence-corrected chi connectivity index (χ3v) is 4.10. The molecule has 4 rings (SSSR count). The summed E-state index contributed by atoms with van der Waals surface area (Å²) in [7, 11) is 0. The smallest absolute Gasteiger partial charge is 0.194 e. The molecule has 0 heterocycles. The number of hydrogen-bond donors (Lipinski definition) is 2. The molecule has 0 atom stereocenters. The number of fused-ring (bicyclic) bond motifs is 2. The summed E-state index contributed by atoms with van der Waals surface area (Å²) in [5, 5.41) is 3.24. The average Bonchev–Trinajstić information content (AvgIpc) is 2.60. The highest BCUT2D eigenvalue weighted by Crippen LogP contribution is 2.31. The normalized spacial score (nSPS) is 12.5. The van der Waals surface area contributed by atoms with Crippen molar-refractivity contribution in [2.24, 2.45) is 0 Å². The number of nitrogen functional groups attached to an aromatic ring is 1. The van der Waals surface area contributed by atoms with Gasteiger partial charge in [-0.3, -0.25) is 9.59 Å². The lowest BCUT2D eigenvalue weighted by Gasteiger charge is -2.19. The summed E-state index contributed by atoms with van der Waals surface area (Å²) in [6.45, 7) is 0. The summed E-state index contributed by atoms with van der Waals surface area (Å²) >= 11 is 0. The Hall–Kier alpha value is -3.40. The maximum atomic E-state index is 12.7. The summed E-state index contributed by atoms with van der Waals surface area (Å²) in [6, 6.07) is 19.7. The number of nitrogens with one attached hydrogen (secondary N) is 1. The van der Waals surface area contributed by atoms with Gasteiger partial charge in [0.1, 0.15) is 0 Å². The van der Waals surface area contributed by atoms with Crippen LogP contribution in [0, 0.1) is 0 Å². The highest BCUT2D eigenvalue weighted by molar-refractivity contribution is 6.28. The summed E-state index contributed by atoms with van der Waals surface area (Å²) in [4.78, 5) is 25.4. The Balaban J connectivity index is 1.77. The fourth-order valence-electron chi connectivity index (χ4n) is 2.93. The Morgan fingerprint density at radius 3 is 1.96 bits per heavy atom. The van der Waals surface area contributed by atoms with E-state index in [-0.39, 0.29) is 11.6 Å². The van der Waals surface area contributed by atoms with Crippen LogP contribution in [0.2, 0.25) is 0 Å². The Morgan fingerprint density at radius 1 is 0.625 bits per heavy atom. The second kappa shape index (κ2) is 5.35. The van der Waals surface area contributed by atoms with E-state index >= 15 is 0 Å². The van der Waals surface area contributed by atoms with Crippen LogP contribution in [0.3, 0.4) is 0 Å². The van der Waals surface area contributed by atoms with Gasteiger partial charge in [-0.25, -0.2) is 0 Å². The standard InChI is InChI=1S/C20H14N2O2/c21-12-6-8-15-17(10-12)19(23)16-9-7-14(11-18(16)20(15)24)22-13-4-2-1-3-5-13/h1-11,22H,21H2. The highest BCUT2D eigenvalue weighted by atomic mass is 16.1. The predicted molar refractivity (Wildman–Crippen MR) is 93.9 cm³/mol. The number of nitrogens with two attached hydrogens (primary N) is 1. The molecule has 24 heavy (non-hydrogen) atoms. The first kappa shape index (κ1) is 14.2. The van der Waals surface area contributed by atoms with E-state index in [4.69, 9.17) is 5.73 Å². The van der Waals surface area contributed by atoms with Crippen LogP contribution in [-0.4, -0.2) is 11.6 Å². The summed E-state index contributed by atoms with van der Waals surface area (Å²) in [5.41, 5.74) is 9.50. The molecular formula is C20H14N2O2. The first-order valence-corrected chi connectivity index (χ1v) is 7.58. The molecule has 116 valence electrons. The van der Waals surface area contributed by atoms with E-state index in [9.17, 15) is 9.59 Å². The maximum Gasteiger partial charge on any atom is 0.194 e. The Labute approximate surface area is 138 Å². The minimum Gasteiger partial charge on any atom is -0.399 e. The van der Waals surface area contributed by atoms with Crippen LogP contribution in [0.5, 0.6) is 0 Å². The van der Waals surface area contributed by atoms with Crippen molar-refractivity contribution in [1.82, 2.24) is 0 Å². The fraction of sp³-hybridized carbons (Fsp3) is 0. The number of anilines is 3. The zero-order chi connectivity index (χ0) is 16.7. The SMILES string of the molecule is Nc1ccc2c(c1)C(=O)c1ccc(Nc3ccccc3)cc1C2=O. The molecule has 0 unspecified atom stereocenters. The zero-order valence-corrected chi connectivity index (χ0v) is 12.7. The number of para-hydroxylation sites is 1. The van der Waals surface area contributed by atoms with Gasteiger partial charge in [0.25, 0.3) is 0 Å². The molecular weight excluding hydrogens is 300 g/mol. The molecule has 3 aromatic carbocycles. The van der Waals surface area contributed by atoms with Crippen molar-refractivity contribution in [3.8, 4) is 0 Å². The van der Waals surface area contributed by atoms with Crippen molar-refractivity contribution in [1.29, 1.82) is 0 Å². The van der Waals surface area contributed by atoms with Crippen LogP contribution in [0.15, 0.2) is 66.7 Å². The van der Waals surface area contributed by atoms with E-state index in [2.05, 4.69) is 5.32 Å². The molecule has 4 heteroatoms. The van der Waals surface area contributed by atoms with Gasteiger partial charge in [-0.2, -0.15) is 0 Å². The Morgan fingerprint density at radius 2 is 1.25 bits per heavy atom. The van der Waals surface area contributed by atoms with Crippen LogP contribution >= 0.6 is 0 Å². The Bertz CT molecular complexity index is 978. The second-order valence-electron chi connectivity index (χ2n) is 5.71. The third-order valence-electron chi connectivity index (χ3n) is 4.10. The number of carbonyl (C=O) groups excluding carboxylic acids is 2. The molecule has 0 bridgehead atoms. The average molecular weight is 314 g/mol. The first-order chi connectivity index (χ1) is 11.6. The van der Waals surface area contributed by atoms with E-state index in [0.717, 1.165) is 11.4 Å². The second-order valence-corrected chi connectivity index (χ2v) is 5.71. The molecule has 0 amide bonds. The topological polar surface area (TPSA) is 72.2 Å². The van der Waals surface area contributed by atoms with Gasteiger partial charge in [-0.15, -0.1) is 0 Å². The van der Waals surface area contributed by atoms with Crippen LogP contribution in [0.25, 0.3) is 0 Å². The molecule has 0 fully saturated rings. The fourth-order valence-corrected chi connectivity index (χ4v) is 2.93. The van der Waals surface area contributed by atoms with Gasteiger partial charge < -0.3 is 11.1 Å². The molecule has 0 spiro atoms. The quantitative estimate of drug-likeness (QED) is 0.552. The van der Waals surface area contributed by atoms with Gasteiger partial charge >= 0.3 is 0 Å². The van der Waals surface area contributed by atoms with E-state index in [1.54, 1.807) is 36.4 Å². The number of benzene rings is 3. The summed E-state index contributed by atoms with van der Waals surface area (Å²) in [5.74, 6) is -0.325. The molecule has 0 radical (unpaired) electrons. The lowest BCUT2D eigenvalue weighted by Crippen LogP contribution is -2.21. The number of rotatable bonds is 2. The predicted octanol–water partition coefficient (Wildman–Crippen LogP) is 3.79. The zero-order valence-electron chi connectivity index (χ0n) is 12.7. The van der Waals surface area contributed by atoms with Crippen LogP contribution in [0.1, 0.15) is 31.8 Å². The molecule has 1 aliphatic rings. The van der Waals surface area contributed by atoms with E-state index < -0.39 is 0 Å². The van der Waals surface area contributed by atoms with Crippen molar-refractivity contribution in [3.05, 3.63) is 89.0 Å². The van der Waals surface area contributed by atoms with Gasteiger partial charge in [0, 0.05) is 39.3 Å². The molecule has 4 nitrogen and oxygen atoms in total. The monoisotopic (exact) mass is 314 g/mol. The van der Waals surface area contributed by atoms with E-state index in [0.29, 0.717) is 27.9 Å².